The largest absolute Gasteiger partial charge is 0.504 e. The average Bonchev–Trinajstić information content (AvgIpc) is 2.80. The number of hydrogen-bond acceptors (Lipinski definition) is 7. The highest BCUT2D eigenvalue weighted by atomic mass is 32.2. The van der Waals surface area contributed by atoms with E-state index in [-0.39, 0.29) is 16.6 Å². The number of carbonyl (C=O) groups excluding carboxylic acids is 2. The molecule has 1 aliphatic rings. The highest BCUT2D eigenvalue weighted by Crippen LogP contribution is 2.40. The van der Waals surface area contributed by atoms with Gasteiger partial charge >= 0.3 is 7.12 Å². The summed E-state index contributed by atoms with van der Waals surface area (Å²) in [5.74, 6) is 0.433. The molecule has 0 aromatic heterocycles. The van der Waals surface area contributed by atoms with Crippen LogP contribution in [-0.2, 0) is 14.1 Å². The summed E-state index contributed by atoms with van der Waals surface area (Å²) in [5.41, 5.74) is 0.354. The van der Waals surface area contributed by atoms with Gasteiger partial charge in [0.15, 0.2) is 16.6 Å². The molecule has 2 rings (SSSR count). The molecule has 0 radical (unpaired) electrons. The summed E-state index contributed by atoms with van der Waals surface area (Å²) in [6, 6.07) is 3.01. The van der Waals surface area contributed by atoms with Gasteiger partial charge in [0, 0.05) is 23.8 Å². The summed E-state index contributed by atoms with van der Waals surface area (Å²) in [4.78, 5) is 22.7. The lowest BCUT2D eigenvalue weighted by Crippen LogP contribution is -2.41. The van der Waals surface area contributed by atoms with Crippen LogP contribution in [0.4, 0.5) is 0 Å². The number of methoxy groups -OCH3 is 1. The van der Waals surface area contributed by atoms with E-state index in [1.807, 2.05) is 27.7 Å². The van der Waals surface area contributed by atoms with E-state index in [9.17, 15) is 14.7 Å². The van der Waals surface area contributed by atoms with E-state index >= 15 is 0 Å². The Balaban J connectivity index is 2.49. The normalized spacial score (nSPS) is 18.4. The van der Waals surface area contributed by atoms with E-state index in [4.69, 9.17) is 14.0 Å². The summed E-state index contributed by atoms with van der Waals surface area (Å²) >= 11 is 1.12. The standard InChI is InChI=1S/C19H25BO6S/c1-12(22)27-11-15(20-25-18(2,3)19(4,5)26-20)9-14-7-13(10-21)8-16(24-6)17(14)23/h7-10,23H,11H2,1-6H3. The molecule has 1 aromatic rings. The molecule has 1 N–H and O–H groups in total. The number of hydrogen-bond donors (Lipinski definition) is 1. The Hall–Kier alpha value is -1.77. The minimum Gasteiger partial charge on any atom is -0.504 e. The van der Waals surface area contributed by atoms with Gasteiger partial charge < -0.3 is 19.2 Å². The van der Waals surface area contributed by atoms with Gasteiger partial charge in [0.2, 0.25) is 0 Å². The summed E-state index contributed by atoms with van der Waals surface area (Å²) in [5, 5.41) is 10.4. The van der Waals surface area contributed by atoms with Crippen molar-refractivity contribution in [2.45, 2.75) is 45.8 Å². The van der Waals surface area contributed by atoms with E-state index in [1.54, 1.807) is 12.1 Å². The molecule has 0 spiro atoms. The molecule has 0 aliphatic carbocycles. The molecule has 0 unspecified atom stereocenters. The number of phenolic OH excluding ortho intramolecular Hbond substituents is 1. The molecule has 0 saturated carbocycles. The number of rotatable bonds is 6. The van der Waals surface area contributed by atoms with Crippen LogP contribution < -0.4 is 4.74 Å². The molecule has 1 aliphatic heterocycles. The first-order chi connectivity index (χ1) is 12.5. The van der Waals surface area contributed by atoms with Crippen LogP contribution in [0.1, 0.15) is 50.5 Å². The molecule has 6 nitrogen and oxygen atoms in total. The lowest BCUT2D eigenvalue weighted by Gasteiger charge is -2.32. The third kappa shape index (κ3) is 4.75. The van der Waals surface area contributed by atoms with Gasteiger partial charge in [0.1, 0.15) is 6.29 Å². The van der Waals surface area contributed by atoms with Crippen molar-refractivity contribution in [3.63, 3.8) is 0 Å². The monoisotopic (exact) mass is 392 g/mol. The number of ether oxygens (including phenoxy) is 1. The summed E-state index contributed by atoms with van der Waals surface area (Å²) < 4.78 is 17.3. The number of carbonyl (C=O) groups is 2. The lowest BCUT2D eigenvalue weighted by molar-refractivity contribution is -0.109. The fraction of sp³-hybridized carbons (Fsp3) is 0.474. The van der Waals surface area contributed by atoms with Crippen molar-refractivity contribution >= 4 is 36.4 Å². The summed E-state index contributed by atoms with van der Waals surface area (Å²) in [6.07, 6.45) is 2.36. The number of benzene rings is 1. The highest BCUT2D eigenvalue weighted by molar-refractivity contribution is 8.13. The number of phenols is 1. The molecule has 1 heterocycles. The average molecular weight is 392 g/mol. The molecular formula is C19H25BO6S. The van der Waals surface area contributed by atoms with Gasteiger partial charge in [0.25, 0.3) is 0 Å². The first kappa shape index (κ1) is 21.5. The van der Waals surface area contributed by atoms with E-state index < -0.39 is 18.3 Å². The quantitative estimate of drug-likeness (QED) is 0.586. The molecule has 27 heavy (non-hydrogen) atoms. The molecule has 1 saturated heterocycles. The van der Waals surface area contributed by atoms with Crippen molar-refractivity contribution in [1.82, 2.24) is 0 Å². The highest BCUT2D eigenvalue weighted by Gasteiger charge is 2.52. The Labute approximate surface area is 164 Å². The van der Waals surface area contributed by atoms with Crippen LogP contribution in [0, 0.1) is 0 Å². The molecule has 0 bridgehead atoms. The van der Waals surface area contributed by atoms with Crippen LogP contribution in [0.15, 0.2) is 17.6 Å². The van der Waals surface area contributed by atoms with Crippen LogP contribution in [0.3, 0.4) is 0 Å². The van der Waals surface area contributed by atoms with Crippen LogP contribution >= 0.6 is 11.8 Å². The van der Waals surface area contributed by atoms with Crippen molar-refractivity contribution in [3.05, 3.63) is 28.7 Å². The van der Waals surface area contributed by atoms with Crippen LogP contribution in [-0.4, -0.2) is 47.7 Å². The maximum absolute atomic E-state index is 11.5. The van der Waals surface area contributed by atoms with E-state index in [1.165, 1.54) is 20.1 Å². The third-order valence-corrected chi connectivity index (χ3v) is 5.71. The first-order valence-corrected chi connectivity index (χ1v) is 9.55. The maximum atomic E-state index is 11.5. The van der Waals surface area contributed by atoms with Crippen molar-refractivity contribution in [2.24, 2.45) is 0 Å². The summed E-state index contributed by atoms with van der Waals surface area (Å²) in [6.45, 7) is 9.25. The van der Waals surface area contributed by atoms with Crippen LogP contribution in [0.5, 0.6) is 11.5 Å². The van der Waals surface area contributed by atoms with Crippen molar-refractivity contribution < 1.29 is 28.7 Å². The van der Waals surface area contributed by atoms with Gasteiger partial charge in [-0.25, -0.2) is 0 Å². The zero-order valence-corrected chi connectivity index (χ0v) is 17.3. The fourth-order valence-electron chi connectivity index (χ4n) is 2.54. The maximum Gasteiger partial charge on any atom is 0.491 e. The zero-order chi connectivity index (χ0) is 20.4. The lowest BCUT2D eigenvalue weighted by atomic mass is 9.78. The molecule has 0 atom stereocenters. The SMILES string of the molecule is COc1cc(C=O)cc(C=C(CSC(C)=O)B2OC(C)(C)C(C)(C)O2)c1O. The second kappa shape index (κ2) is 8.08. The Morgan fingerprint density at radius 2 is 1.85 bits per heavy atom. The first-order valence-electron chi connectivity index (χ1n) is 8.56. The fourth-order valence-corrected chi connectivity index (χ4v) is 3.13. The van der Waals surface area contributed by atoms with Crippen LogP contribution in [0.25, 0.3) is 6.08 Å². The Bertz CT molecular complexity index is 756. The predicted octanol–water partition coefficient (Wildman–Crippen LogP) is 3.51. The van der Waals surface area contributed by atoms with E-state index in [0.29, 0.717) is 28.6 Å². The summed E-state index contributed by atoms with van der Waals surface area (Å²) in [7, 11) is 0.741. The molecular weight excluding hydrogens is 367 g/mol. The topological polar surface area (TPSA) is 82.1 Å². The van der Waals surface area contributed by atoms with Gasteiger partial charge in [-0.2, -0.15) is 0 Å². The van der Waals surface area contributed by atoms with Crippen molar-refractivity contribution in [2.75, 3.05) is 12.9 Å². The van der Waals surface area contributed by atoms with Gasteiger partial charge in [-0.3, -0.25) is 9.59 Å². The minimum atomic E-state index is -0.674. The number of aldehydes is 1. The van der Waals surface area contributed by atoms with Crippen molar-refractivity contribution in [3.8, 4) is 11.5 Å². The van der Waals surface area contributed by atoms with Gasteiger partial charge in [-0.05, 0) is 45.3 Å². The molecule has 1 fully saturated rings. The van der Waals surface area contributed by atoms with Crippen LogP contribution in [0.2, 0.25) is 0 Å². The minimum absolute atomic E-state index is 0.0409. The van der Waals surface area contributed by atoms with E-state index in [2.05, 4.69) is 0 Å². The molecule has 146 valence electrons. The third-order valence-electron chi connectivity index (χ3n) is 4.82. The van der Waals surface area contributed by atoms with Gasteiger partial charge in [-0.1, -0.05) is 17.8 Å². The molecule has 0 amide bonds. The van der Waals surface area contributed by atoms with E-state index in [0.717, 1.165) is 11.8 Å². The van der Waals surface area contributed by atoms with Crippen molar-refractivity contribution in [1.29, 1.82) is 0 Å². The van der Waals surface area contributed by atoms with Gasteiger partial charge in [-0.15, -0.1) is 0 Å². The molecule has 1 aromatic carbocycles. The number of thioether (sulfide) groups is 1. The Morgan fingerprint density at radius 3 is 2.33 bits per heavy atom. The molecule has 8 heteroatoms. The predicted molar refractivity (Wildman–Crippen MR) is 107 cm³/mol. The number of aromatic hydroxyl groups is 1. The Kier molecular flexibility index (Phi) is 6.45. The zero-order valence-electron chi connectivity index (χ0n) is 16.5. The smallest absolute Gasteiger partial charge is 0.491 e. The second-order valence-electron chi connectivity index (χ2n) is 7.37. The van der Waals surface area contributed by atoms with Gasteiger partial charge in [0.05, 0.1) is 18.3 Å². The second-order valence-corrected chi connectivity index (χ2v) is 8.52. The Morgan fingerprint density at radius 1 is 1.26 bits per heavy atom.